The van der Waals surface area contributed by atoms with E-state index in [0.717, 1.165) is 38.4 Å². The van der Waals surface area contributed by atoms with E-state index in [1.165, 1.54) is 11.3 Å². The molecule has 0 radical (unpaired) electrons. The van der Waals surface area contributed by atoms with Gasteiger partial charge in [0.1, 0.15) is 5.69 Å². The molecule has 4 heterocycles. The number of fused-ring (bicyclic) bond motifs is 1. The van der Waals surface area contributed by atoms with Gasteiger partial charge in [-0.15, -0.1) is 10.2 Å². The van der Waals surface area contributed by atoms with E-state index in [-0.39, 0.29) is 0 Å². The average molecular weight is 364 g/mol. The molecule has 0 saturated heterocycles. The maximum Gasteiger partial charge on any atom is 0.235 e. The smallest absolute Gasteiger partial charge is 0.235 e. The first-order valence-electron chi connectivity index (χ1n) is 7.67. The summed E-state index contributed by atoms with van der Waals surface area (Å²) < 4.78 is 3.72. The minimum atomic E-state index is 0.762. The molecule has 0 unspecified atom stereocenters. The molecule has 0 aliphatic carbocycles. The molecule has 0 bridgehead atoms. The van der Waals surface area contributed by atoms with Crippen molar-refractivity contribution in [2.24, 2.45) is 0 Å². The van der Waals surface area contributed by atoms with Crippen LogP contribution in [0.3, 0.4) is 0 Å². The van der Waals surface area contributed by atoms with Gasteiger partial charge in [-0.2, -0.15) is 26.0 Å². The van der Waals surface area contributed by atoms with E-state index >= 15 is 0 Å². The molecule has 5 aromatic rings. The highest BCUT2D eigenvalue weighted by molar-refractivity contribution is 7.19. The third-order valence-electron chi connectivity index (χ3n) is 3.88. The minimum absolute atomic E-state index is 0.762. The number of thiophene rings is 1. The predicted octanol–water partition coefficient (Wildman–Crippen LogP) is 4.08. The van der Waals surface area contributed by atoms with Crippen LogP contribution in [0.15, 0.2) is 53.2 Å². The minimum Gasteiger partial charge on any atom is -0.237 e. The standard InChI is InChI=1S/C17H12N6S2/c1-11-9-14(20-22(11)13-5-3-2-4-6-13)16-21-23-15(12-7-8-24-10-12)18-19-17(23)25-16/h2-10H,1H3. The fraction of sp³-hybridized carbons (Fsp3) is 0.0588. The fourth-order valence-electron chi connectivity index (χ4n) is 2.70. The topological polar surface area (TPSA) is 60.9 Å². The molecular formula is C17H12N6S2. The van der Waals surface area contributed by atoms with Crippen molar-refractivity contribution < 1.29 is 0 Å². The van der Waals surface area contributed by atoms with Gasteiger partial charge in [-0.3, -0.25) is 0 Å². The van der Waals surface area contributed by atoms with E-state index < -0.39 is 0 Å². The number of hydrogen-bond acceptors (Lipinski definition) is 6. The maximum absolute atomic E-state index is 4.72. The molecular weight excluding hydrogens is 352 g/mol. The maximum atomic E-state index is 4.72. The van der Waals surface area contributed by atoms with Gasteiger partial charge in [-0.1, -0.05) is 29.5 Å². The molecule has 6 nitrogen and oxygen atoms in total. The molecule has 0 aliphatic heterocycles. The first kappa shape index (κ1) is 14.5. The zero-order valence-corrected chi connectivity index (χ0v) is 14.8. The Balaban J connectivity index is 1.60. The van der Waals surface area contributed by atoms with Gasteiger partial charge in [-0.05, 0) is 36.6 Å². The molecule has 1 aromatic carbocycles. The highest BCUT2D eigenvalue weighted by atomic mass is 32.1. The van der Waals surface area contributed by atoms with Crippen LogP contribution >= 0.6 is 22.7 Å². The van der Waals surface area contributed by atoms with Gasteiger partial charge in [0.25, 0.3) is 0 Å². The number of para-hydroxylation sites is 1. The lowest BCUT2D eigenvalue weighted by Crippen LogP contribution is -1.98. The molecule has 0 saturated carbocycles. The summed E-state index contributed by atoms with van der Waals surface area (Å²) in [7, 11) is 0. The van der Waals surface area contributed by atoms with Crippen LogP contribution in [0.5, 0.6) is 0 Å². The molecule has 0 atom stereocenters. The molecule has 0 aliphatic rings. The number of aryl methyl sites for hydroxylation is 1. The van der Waals surface area contributed by atoms with E-state index in [1.807, 2.05) is 64.8 Å². The summed E-state index contributed by atoms with van der Waals surface area (Å²) in [4.78, 5) is 0.767. The normalized spacial score (nSPS) is 11.4. The molecule has 0 amide bonds. The second-order valence-electron chi connectivity index (χ2n) is 5.56. The molecule has 0 N–H and O–H groups in total. The quantitative estimate of drug-likeness (QED) is 0.484. The lowest BCUT2D eigenvalue weighted by Gasteiger charge is -2.02. The van der Waals surface area contributed by atoms with Crippen molar-refractivity contribution in [2.45, 2.75) is 6.92 Å². The van der Waals surface area contributed by atoms with Crippen molar-refractivity contribution >= 4 is 27.6 Å². The van der Waals surface area contributed by atoms with Crippen molar-refractivity contribution in [1.29, 1.82) is 0 Å². The van der Waals surface area contributed by atoms with E-state index in [9.17, 15) is 0 Å². The van der Waals surface area contributed by atoms with Crippen molar-refractivity contribution in [3.63, 3.8) is 0 Å². The summed E-state index contributed by atoms with van der Waals surface area (Å²) in [6.07, 6.45) is 0. The Kier molecular flexibility index (Phi) is 3.25. The lowest BCUT2D eigenvalue weighted by atomic mass is 10.3. The van der Waals surface area contributed by atoms with Crippen LogP contribution in [0.25, 0.3) is 32.7 Å². The first-order chi connectivity index (χ1) is 12.3. The van der Waals surface area contributed by atoms with Crippen molar-refractivity contribution in [3.05, 3.63) is 58.9 Å². The van der Waals surface area contributed by atoms with E-state index in [0.29, 0.717) is 0 Å². The van der Waals surface area contributed by atoms with Crippen LogP contribution in [-0.2, 0) is 0 Å². The molecule has 4 aromatic heterocycles. The Morgan fingerprint density at radius 3 is 2.68 bits per heavy atom. The predicted molar refractivity (Wildman–Crippen MR) is 99.3 cm³/mol. The van der Waals surface area contributed by atoms with Gasteiger partial charge in [-0.25, -0.2) is 4.68 Å². The van der Waals surface area contributed by atoms with Gasteiger partial charge in [0.2, 0.25) is 4.96 Å². The zero-order valence-electron chi connectivity index (χ0n) is 13.2. The third kappa shape index (κ3) is 2.38. The zero-order chi connectivity index (χ0) is 16.8. The number of rotatable bonds is 3. The van der Waals surface area contributed by atoms with Crippen molar-refractivity contribution in [1.82, 2.24) is 29.6 Å². The Bertz CT molecular complexity index is 1150. The molecule has 5 rings (SSSR count). The van der Waals surface area contributed by atoms with Gasteiger partial charge in [0.05, 0.1) is 5.69 Å². The van der Waals surface area contributed by atoms with Crippen LogP contribution in [0.4, 0.5) is 0 Å². The summed E-state index contributed by atoms with van der Waals surface area (Å²) in [5.74, 6) is 0.762. The Labute approximate surface area is 151 Å². The summed E-state index contributed by atoms with van der Waals surface area (Å²) in [5.41, 5.74) is 3.96. The second kappa shape index (κ2) is 5.61. The average Bonchev–Trinajstić information content (AvgIpc) is 3.38. The van der Waals surface area contributed by atoms with Gasteiger partial charge >= 0.3 is 0 Å². The second-order valence-corrected chi connectivity index (χ2v) is 7.29. The lowest BCUT2D eigenvalue weighted by molar-refractivity contribution is 0.847. The summed E-state index contributed by atoms with van der Waals surface area (Å²) >= 11 is 3.12. The van der Waals surface area contributed by atoms with Crippen LogP contribution < -0.4 is 0 Å². The van der Waals surface area contributed by atoms with Crippen LogP contribution in [0.2, 0.25) is 0 Å². The van der Waals surface area contributed by atoms with Crippen molar-refractivity contribution in [2.75, 3.05) is 0 Å². The summed E-state index contributed by atoms with van der Waals surface area (Å²) in [6.45, 7) is 2.04. The monoisotopic (exact) mass is 364 g/mol. The Morgan fingerprint density at radius 2 is 1.88 bits per heavy atom. The fourth-order valence-corrected chi connectivity index (χ4v) is 4.13. The van der Waals surface area contributed by atoms with Gasteiger partial charge in [0, 0.05) is 16.6 Å². The van der Waals surface area contributed by atoms with E-state index in [2.05, 4.69) is 15.3 Å². The summed E-state index contributed by atoms with van der Waals surface area (Å²) in [6, 6.07) is 14.2. The molecule has 0 spiro atoms. The van der Waals surface area contributed by atoms with Gasteiger partial charge in [0.15, 0.2) is 10.8 Å². The van der Waals surface area contributed by atoms with E-state index in [1.54, 1.807) is 15.9 Å². The number of benzene rings is 1. The first-order valence-corrected chi connectivity index (χ1v) is 9.43. The third-order valence-corrected chi connectivity index (χ3v) is 5.48. The van der Waals surface area contributed by atoms with Crippen LogP contribution in [0.1, 0.15) is 5.69 Å². The largest absolute Gasteiger partial charge is 0.237 e. The number of nitrogens with zero attached hydrogens (tertiary/aromatic N) is 6. The molecule has 122 valence electrons. The SMILES string of the molecule is Cc1cc(-c2nn3c(-c4ccsc4)nnc3s2)nn1-c1ccccc1. The van der Waals surface area contributed by atoms with Crippen molar-refractivity contribution in [3.8, 4) is 27.8 Å². The Morgan fingerprint density at radius 1 is 1.00 bits per heavy atom. The Hall–Kier alpha value is -2.84. The summed E-state index contributed by atoms with van der Waals surface area (Å²) in [5, 5.41) is 22.8. The van der Waals surface area contributed by atoms with Crippen LogP contribution in [0, 0.1) is 6.92 Å². The highest BCUT2D eigenvalue weighted by Gasteiger charge is 2.17. The molecule has 8 heteroatoms. The number of aromatic nitrogens is 6. The highest BCUT2D eigenvalue weighted by Crippen LogP contribution is 2.29. The van der Waals surface area contributed by atoms with Gasteiger partial charge < -0.3 is 0 Å². The molecule has 0 fully saturated rings. The number of hydrogen-bond donors (Lipinski definition) is 0. The van der Waals surface area contributed by atoms with Crippen LogP contribution in [-0.4, -0.2) is 29.6 Å². The molecule has 25 heavy (non-hydrogen) atoms. The van der Waals surface area contributed by atoms with E-state index in [4.69, 9.17) is 5.10 Å².